The van der Waals surface area contributed by atoms with Gasteiger partial charge in [-0.05, 0) is 61.0 Å². The maximum Gasteiger partial charge on any atom is 0.255 e. The summed E-state index contributed by atoms with van der Waals surface area (Å²) in [5.41, 5.74) is 0.149. The van der Waals surface area contributed by atoms with Crippen LogP contribution in [0.3, 0.4) is 0 Å². The van der Waals surface area contributed by atoms with E-state index in [1.807, 2.05) is 29.5 Å². The summed E-state index contributed by atoms with van der Waals surface area (Å²) < 4.78 is 14.3. The second-order valence-electron chi connectivity index (χ2n) is 4.56. The zero-order valence-corrected chi connectivity index (χ0v) is 12.3. The first-order valence-corrected chi connectivity index (χ1v) is 7.15. The van der Waals surface area contributed by atoms with Gasteiger partial charge < -0.3 is 10.6 Å². The molecule has 1 fully saturated rings. The number of rotatable bonds is 2. The van der Waals surface area contributed by atoms with Crippen molar-refractivity contribution in [2.45, 2.75) is 31.8 Å². The van der Waals surface area contributed by atoms with Gasteiger partial charge in [-0.15, -0.1) is 0 Å². The van der Waals surface area contributed by atoms with Crippen molar-refractivity contribution < 1.29 is 9.18 Å². The van der Waals surface area contributed by atoms with Crippen LogP contribution in [0.4, 0.5) is 4.39 Å². The molecule has 18 heavy (non-hydrogen) atoms. The van der Waals surface area contributed by atoms with E-state index in [9.17, 15) is 9.18 Å². The van der Waals surface area contributed by atoms with Crippen LogP contribution in [-0.2, 0) is 0 Å². The van der Waals surface area contributed by atoms with Crippen molar-refractivity contribution in [2.75, 3.05) is 6.54 Å². The number of hydrogen-bond acceptors (Lipinski definition) is 2. The van der Waals surface area contributed by atoms with E-state index in [1.54, 1.807) is 12.1 Å². The molecule has 1 heterocycles. The Morgan fingerprint density at radius 3 is 3.00 bits per heavy atom. The summed E-state index contributed by atoms with van der Waals surface area (Å²) in [5, 5.41) is 6.23. The van der Waals surface area contributed by atoms with E-state index >= 15 is 0 Å². The molecule has 2 rings (SSSR count). The lowest BCUT2D eigenvalue weighted by Gasteiger charge is -2.30. The molecule has 1 aromatic rings. The lowest BCUT2D eigenvalue weighted by atomic mass is 9.99. The average molecular weight is 362 g/mol. The van der Waals surface area contributed by atoms with E-state index in [-0.39, 0.29) is 23.6 Å². The van der Waals surface area contributed by atoms with E-state index in [1.165, 1.54) is 6.07 Å². The van der Waals surface area contributed by atoms with Crippen LogP contribution in [0.25, 0.3) is 0 Å². The van der Waals surface area contributed by atoms with Crippen molar-refractivity contribution in [1.29, 1.82) is 0 Å². The number of carbonyl (C=O) groups excluding carboxylic acids is 1. The van der Waals surface area contributed by atoms with Crippen molar-refractivity contribution in [2.24, 2.45) is 0 Å². The minimum Gasteiger partial charge on any atom is -0.348 e. The molecule has 1 saturated heterocycles. The van der Waals surface area contributed by atoms with Crippen molar-refractivity contribution in [3.63, 3.8) is 0 Å². The largest absolute Gasteiger partial charge is 0.348 e. The first-order chi connectivity index (χ1) is 8.59. The molecule has 0 radical (unpaired) electrons. The van der Waals surface area contributed by atoms with Crippen molar-refractivity contribution in [3.8, 4) is 0 Å². The van der Waals surface area contributed by atoms with Gasteiger partial charge in [-0.1, -0.05) is 6.07 Å². The number of benzene rings is 1. The minimum absolute atomic E-state index is 0.0710. The highest BCUT2D eigenvalue weighted by Crippen LogP contribution is 2.17. The Hall–Kier alpha value is -0.690. The predicted molar refractivity (Wildman–Crippen MR) is 77.1 cm³/mol. The Labute approximate surface area is 120 Å². The SMILES string of the molecule is CC1NCCCC1NC(=O)c1c(F)cccc1I. The molecule has 0 saturated carbocycles. The topological polar surface area (TPSA) is 41.1 Å². The third kappa shape index (κ3) is 3.00. The first-order valence-electron chi connectivity index (χ1n) is 6.08. The van der Waals surface area contributed by atoms with Gasteiger partial charge in [0.25, 0.3) is 5.91 Å². The Morgan fingerprint density at radius 1 is 1.56 bits per heavy atom. The fraction of sp³-hybridized carbons (Fsp3) is 0.462. The van der Waals surface area contributed by atoms with Gasteiger partial charge >= 0.3 is 0 Å². The summed E-state index contributed by atoms with van der Waals surface area (Å²) in [6.07, 6.45) is 1.97. The van der Waals surface area contributed by atoms with E-state index in [0.717, 1.165) is 19.4 Å². The molecule has 0 aliphatic carbocycles. The third-order valence-electron chi connectivity index (χ3n) is 3.27. The lowest BCUT2D eigenvalue weighted by Crippen LogP contribution is -2.52. The molecule has 3 nitrogen and oxygen atoms in total. The Kier molecular flexibility index (Phi) is 4.55. The van der Waals surface area contributed by atoms with Gasteiger partial charge in [0.05, 0.1) is 5.56 Å². The second-order valence-corrected chi connectivity index (χ2v) is 5.72. The monoisotopic (exact) mass is 362 g/mol. The average Bonchev–Trinajstić information content (AvgIpc) is 2.32. The van der Waals surface area contributed by atoms with Crippen LogP contribution in [0.1, 0.15) is 30.1 Å². The molecule has 1 aliphatic heterocycles. The third-order valence-corrected chi connectivity index (χ3v) is 4.17. The summed E-state index contributed by atoms with van der Waals surface area (Å²) in [4.78, 5) is 12.1. The van der Waals surface area contributed by atoms with E-state index in [2.05, 4.69) is 10.6 Å². The van der Waals surface area contributed by atoms with Crippen LogP contribution >= 0.6 is 22.6 Å². The highest BCUT2D eigenvalue weighted by atomic mass is 127. The van der Waals surface area contributed by atoms with Gasteiger partial charge in [0.15, 0.2) is 0 Å². The molecule has 1 aliphatic rings. The van der Waals surface area contributed by atoms with Gasteiger partial charge in [0.2, 0.25) is 0 Å². The second kappa shape index (κ2) is 5.97. The molecule has 1 amide bonds. The number of piperidine rings is 1. The van der Waals surface area contributed by atoms with Crippen molar-refractivity contribution >= 4 is 28.5 Å². The van der Waals surface area contributed by atoms with Crippen molar-refractivity contribution in [3.05, 3.63) is 33.1 Å². The molecule has 5 heteroatoms. The quantitative estimate of drug-likeness (QED) is 0.793. The number of amides is 1. The fourth-order valence-electron chi connectivity index (χ4n) is 2.20. The Morgan fingerprint density at radius 2 is 2.33 bits per heavy atom. The number of carbonyl (C=O) groups is 1. The Balaban J connectivity index is 2.12. The molecule has 2 atom stereocenters. The minimum atomic E-state index is -0.462. The van der Waals surface area contributed by atoms with Gasteiger partial charge in [-0.25, -0.2) is 4.39 Å². The van der Waals surface area contributed by atoms with E-state index in [4.69, 9.17) is 0 Å². The van der Waals surface area contributed by atoms with Crippen LogP contribution in [0.15, 0.2) is 18.2 Å². The van der Waals surface area contributed by atoms with Gasteiger partial charge in [0.1, 0.15) is 5.82 Å². The predicted octanol–water partition coefficient (Wildman–Crippen LogP) is 2.30. The normalized spacial score (nSPS) is 23.7. The molecular weight excluding hydrogens is 346 g/mol. The maximum atomic E-state index is 13.7. The van der Waals surface area contributed by atoms with Crippen LogP contribution in [0.5, 0.6) is 0 Å². The molecule has 0 spiro atoms. The standard InChI is InChI=1S/C13H16FIN2O/c1-8-11(6-3-7-16-8)17-13(18)12-9(14)4-2-5-10(12)15/h2,4-5,8,11,16H,3,6-7H2,1H3,(H,17,18). The Bertz CT molecular complexity index is 432. The van der Waals surface area contributed by atoms with Crippen LogP contribution in [0.2, 0.25) is 0 Å². The van der Waals surface area contributed by atoms with Gasteiger partial charge in [0, 0.05) is 15.7 Å². The zero-order chi connectivity index (χ0) is 13.1. The number of hydrogen-bond donors (Lipinski definition) is 2. The van der Waals surface area contributed by atoms with E-state index in [0.29, 0.717) is 3.57 Å². The smallest absolute Gasteiger partial charge is 0.255 e. The maximum absolute atomic E-state index is 13.7. The zero-order valence-electron chi connectivity index (χ0n) is 10.2. The summed E-state index contributed by atoms with van der Waals surface area (Å²) in [5.74, 6) is -0.783. The van der Waals surface area contributed by atoms with Crippen LogP contribution in [-0.4, -0.2) is 24.5 Å². The molecular formula is C13H16FIN2O. The highest BCUT2D eigenvalue weighted by Gasteiger charge is 2.24. The first kappa shape index (κ1) is 13.7. The number of nitrogens with one attached hydrogen (secondary N) is 2. The molecule has 0 bridgehead atoms. The lowest BCUT2D eigenvalue weighted by molar-refractivity contribution is 0.0915. The summed E-state index contributed by atoms with van der Waals surface area (Å²) in [6, 6.07) is 4.97. The van der Waals surface area contributed by atoms with Crippen LogP contribution < -0.4 is 10.6 Å². The summed E-state index contributed by atoms with van der Waals surface area (Å²) in [7, 11) is 0. The van der Waals surface area contributed by atoms with Gasteiger partial charge in [-0.3, -0.25) is 4.79 Å². The highest BCUT2D eigenvalue weighted by molar-refractivity contribution is 14.1. The molecule has 2 unspecified atom stereocenters. The molecule has 98 valence electrons. The number of halogens is 2. The molecule has 1 aromatic carbocycles. The summed E-state index contributed by atoms with van der Waals surface area (Å²) in [6.45, 7) is 3.02. The van der Waals surface area contributed by atoms with E-state index < -0.39 is 5.82 Å². The summed E-state index contributed by atoms with van der Waals surface area (Å²) >= 11 is 1.98. The molecule has 0 aromatic heterocycles. The van der Waals surface area contributed by atoms with Gasteiger partial charge in [-0.2, -0.15) is 0 Å². The van der Waals surface area contributed by atoms with Crippen LogP contribution in [0, 0.1) is 9.39 Å². The molecule has 2 N–H and O–H groups in total. The van der Waals surface area contributed by atoms with Crippen molar-refractivity contribution in [1.82, 2.24) is 10.6 Å². The fourth-order valence-corrected chi connectivity index (χ4v) is 2.91.